The minimum atomic E-state index is -0.0985. The fraction of sp³-hybridized carbons (Fsp3) is 0.588. The zero-order valence-electron chi connectivity index (χ0n) is 14.5. The van der Waals surface area contributed by atoms with E-state index >= 15 is 0 Å². The number of likely N-dealkylation sites (tertiary alicyclic amines) is 1. The lowest BCUT2D eigenvalue weighted by Crippen LogP contribution is -2.45. The standard InChI is InChI=1S/C17H25N5OS/c1-12-4-6-22(7-5-12)13(2)8-18-16(23)15-11-24-17(20-15)14-9-19-21(3)10-14/h9-13H,4-8H2,1-3H3,(H,18,23). The highest BCUT2D eigenvalue weighted by molar-refractivity contribution is 7.13. The summed E-state index contributed by atoms with van der Waals surface area (Å²) in [4.78, 5) is 19.2. The van der Waals surface area contributed by atoms with E-state index in [0.717, 1.165) is 29.6 Å². The summed E-state index contributed by atoms with van der Waals surface area (Å²) in [6.45, 7) is 7.40. The summed E-state index contributed by atoms with van der Waals surface area (Å²) in [6, 6.07) is 0.359. The Labute approximate surface area is 146 Å². The number of hydrogen-bond acceptors (Lipinski definition) is 5. The summed E-state index contributed by atoms with van der Waals surface area (Å²) in [5, 5.41) is 9.80. The summed E-state index contributed by atoms with van der Waals surface area (Å²) in [5.74, 6) is 0.725. The van der Waals surface area contributed by atoms with Crippen molar-refractivity contribution in [1.82, 2.24) is 25.0 Å². The van der Waals surface area contributed by atoms with E-state index in [1.165, 1.54) is 24.2 Å². The second-order valence-electron chi connectivity index (χ2n) is 6.72. The first kappa shape index (κ1) is 17.1. The van der Waals surface area contributed by atoms with Gasteiger partial charge in [-0.15, -0.1) is 11.3 Å². The molecule has 1 unspecified atom stereocenters. The topological polar surface area (TPSA) is 63.1 Å². The van der Waals surface area contributed by atoms with Crippen LogP contribution in [0.15, 0.2) is 17.8 Å². The van der Waals surface area contributed by atoms with Crippen molar-refractivity contribution in [2.75, 3.05) is 19.6 Å². The summed E-state index contributed by atoms with van der Waals surface area (Å²) in [6.07, 6.45) is 6.16. The van der Waals surface area contributed by atoms with Gasteiger partial charge in [-0.2, -0.15) is 5.10 Å². The molecule has 2 aromatic rings. The number of hydrogen-bond donors (Lipinski definition) is 1. The molecule has 3 heterocycles. The van der Waals surface area contributed by atoms with Crippen LogP contribution < -0.4 is 5.32 Å². The third kappa shape index (κ3) is 4.02. The van der Waals surface area contributed by atoms with Crippen LogP contribution in [0.2, 0.25) is 0 Å². The number of nitrogens with one attached hydrogen (secondary N) is 1. The average Bonchev–Trinajstić information content (AvgIpc) is 3.22. The lowest BCUT2D eigenvalue weighted by Gasteiger charge is -2.34. The van der Waals surface area contributed by atoms with Crippen LogP contribution in [0.3, 0.4) is 0 Å². The molecule has 0 radical (unpaired) electrons. The highest BCUT2D eigenvalue weighted by atomic mass is 32.1. The smallest absolute Gasteiger partial charge is 0.270 e. The number of aryl methyl sites for hydroxylation is 1. The number of amides is 1. The normalized spacial score (nSPS) is 17.8. The van der Waals surface area contributed by atoms with E-state index in [2.05, 4.69) is 34.1 Å². The van der Waals surface area contributed by atoms with E-state index in [1.54, 1.807) is 10.9 Å². The van der Waals surface area contributed by atoms with E-state index in [0.29, 0.717) is 18.3 Å². The van der Waals surface area contributed by atoms with Gasteiger partial charge < -0.3 is 5.32 Å². The first-order valence-electron chi connectivity index (χ1n) is 8.49. The zero-order chi connectivity index (χ0) is 17.1. The van der Waals surface area contributed by atoms with E-state index in [1.807, 2.05) is 18.6 Å². The van der Waals surface area contributed by atoms with Crippen LogP contribution in [0, 0.1) is 5.92 Å². The van der Waals surface area contributed by atoms with E-state index in [4.69, 9.17) is 0 Å². The van der Waals surface area contributed by atoms with Crippen molar-refractivity contribution in [3.8, 4) is 10.6 Å². The minimum Gasteiger partial charge on any atom is -0.349 e. The molecule has 1 atom stereocenters. The Bertz CT molecular complexity index is 687. The fourth-order valence-electron chi connectivity index (χ4n) is 2.97. The second-order valence-corrected chi connectivity index (χ2v) is 7.58. The number of rotatable bonds is 5. The molecule has 0 aliphatic carbocycles. The molecule has 1 aliphatic heterocycles. The molecule has 7 heteroatoms. The monoisotopic (exact) mass is 347 g/mol. The molecular weight excluding hydrogens is 322 g/mol. The summed E-state index contributed by atoms with van der Waals surface area (Å²) >= 11 is 1.47. The minimum absolute atomic E-state index is 0.0985. The van der Waals surface area contributed by atoms with Crippen molar-refractivity contribution >= 4 is 17.2 Å². The lowest BCUT2D eigenvalue weighted by molar-refractivity contribution is 0.0917. The van der Waals surface area contributed by atoms with Gasteiger partial charge in [0.2, 0.25) is 0 Å². The molecule has 1 fully saturated rings. The van der Waals surface area contributed by atoms with Crippen LogP contribution >= 0.6 is 11.3 Å². The summed E-state index contributed by atoms with van der Waals surface area (Å²) in [7, 11) is 1.87. The SMILES string of the molecule is CC1CCN(C(C)CNC(=O)c2csc(-c3cnn(C)c3)n2)CC1. The fourth-order valence-corrected chi connectivity index (χ4v) is 3.75. The Morgan fingerprint density at radius 3 is 2.88 bits per heavy atom. The molecule has 1 aliphatic rings. The summed E-state index contributed by atoms with van der Waals surface area (Å²) < 4.78 is 1.73. The molecule has 2 aromatic heterocycles. The molecule has 24 heavy (non-hydrogen) atoms. The number of carbonyl (C=O) groups is 1. The average molecular weight is 347 g/mol. The largest absolute Gasteiger partial charge is 0.349 e. The van der Waals surface area contributed by atoms with Gasteiger partial charge in [-0.1, -0.05) is 6.92 Å². The zero-order valence-corrected chi connectivity index (χ0v) is 15.3. The molecule has 0 saturated carbocycles. The van der Waals surface area contributed by atoms with E-state index in [-0.39, 0.29) is 5.91 Å². The predicted molar refractivity (Wildman–Crippen MR) is 96.1 cm³/mol. The molecule has 1 N–H and O–H groups in total. The van der Waals surface area contributed by atoms with Gasteiger partial charge in [0.25, 0.3) is 5.91 Å². The highest BCUT2D eigenvalue weighted by Gasteiger charge is 2.21. The van der Waals surface area contributed by atoms with Crippen LogP contribution in [0.1, 0.15) is 37.2 Å². The first-order valence-corrected chi connectivity index (χ1v) is 9.37. The van der Waals surface area contributed by atoms with Crippen molar-refractivity contribution in [2.45, 2.75) is 32.7 Å². The quantitative estimate of drug-likeness (QED) is 0.902. The highest BCUT2D eigenvalue weighted by Crippen LogP contribution is 2.23. The van der Waals surface area contributed by atoms with Gasteiger partial charge in [-0.3, -0.25) is 14.4 Å². The van der Waals surface area contributed by atoms with Crippen molar-refractivity contribution in [2.24, 2.45) is 13.0 Å². The Morgan fingerprint density at radius 1 is 1.46 bits per heavy atom. The van der Waals surface area contributed by atoms with Gasteiger partial charge in [0.15, 0.2) is 0 Å². The molecule has 130 valence electrons. The number of nitrogens with zero attached hydrogens (tertiary/aromatic N) is 4. The Balaban J connectivity index is 1.53. The second kappa shape index (κ2) is 7.44. The van der Waals surface area contributed by atoms with Gasteiger partial charge in [-0.05, 0) is 38.8 Å². The van der Waals surface area contributed by atoms with Gasteiger partial charge in [0.05, 0.1) is 6.20 Å². The van der Waals surface area contributed by atoms with Gasteiger partial charge in [0, 0.05) is 36.8 Å². The van der Waals surface area contributed by atoms with Gasteiger partial charge in [-0.25, -0.2) is 4.98 Å². The third-order valence-corrected chi connectivity index (χ3v) is 5.58. The maximum atomic E-state index is 12.3. The molecule has 0 spiro atoms. The molecule has 0 bridgehead atoms. The van der Waals surface area contributed by atoms with Crippen molar-refractivity contribution in [3.63, 3.8) is 0 Å². The number of piperidine rings is 1. The van der Waals surface area contributed by atoms with Crippen LogP contribution in [0.25, 0.3) is 10.6 Å². The maximum Gasteiger partial charge on any atom is 0.270 e. The van der Waals surface area contributed by atoms with Crippen molar-refractivity contribution in [1.29, 1.82) is 0 Å². The molecular formula is C17H25N5OS. The predicted octanol–water partition coefficient (Wildman–Crippen LogP) is 2.39. The Hall–Kier alpha value is -1.73. The third-order valence-electron chi connectivity index (χ3n) is 4.69. The molecule has 3 rings (SSSR count). The first-order chi connectivity index (χ1) is 11.5. The Kier molecular flexibility index (Phi) is 5.30. The number of thiazole rings is 1. The molecule has 6 nitrogen and oxygen atoms in total. The lowest BCUT2D eigenvalue weighted by atomic mass is 9.98. The molecule has 0 aromatic carbocycles. The summed E-state index contributed by atoms with van der Waals surface area (Å²) in [5.41, 5.74) is 1.43. The number of aromatic nitrogens is 3. The maximum absolute atomic E-state index is 12.3. The Morgan fingerprint density at radius 2 is 2.21 bits per heavy atom. The van der Waals surface area contributed by atoms with E-state index < -0.39 is 0 Å². The van der Waals surface area contributed by atoms with Crippen LogP contribution in [0.4, 0.5) is 0 Å². The van der Waals surface area contributed by atoms with Gasteiger partial charge >= 0.3 is 0 Å². The molecule has 1 amide bonds. The van der Waals surface area contributed by atoms with Crippen LogP contribution in [-0.2, 0) is 7.05 Å². The van der Waals surface area contributed by atoms with Crippen LogP contribution in [-0.4, -0.2) is 51.2 Å². The van der Waals surface area contributed by atoms with Gasteiger partial charge in [0.1, 0.15) is 10.7 Å². The molecule has 1 saturated heterocycles. The number of carbonyl (C=O) groups excluding carboxylic acids is 1. The van der Waals surface area contributed by atoms with Crippen LogP contribution in [0.5, 0.6) is 0 Å². The van der Waals surface area contributed by atoms with E-state index in [9.17, 15) is 4.79 Å². The van der Waals surface area contributed by atoms with Crippen molar-refractivity contribution in [3.05, 3.63) is 23.5 Å². The van der Waals surface area contributed by atoms with Crippen molar-refractivity contribution < 1.29 is 4.79 Å².